The average molecular weight is 159 g/mol. The van der Waals surface area contributed by atoms with Crippen molar-refractivity contribution < 1.29 is 14.7 Å². The van der Waals surface area contributed by atoms with E-state index in [2.05, 4.69) is 5.32 Å². The zero-order chi connectivity index (χ0) is 8.85. The predicted octanol–water partition coefficient (Wildman–Crippen LogP) is 0.233. The van der Waals surface area contributed by atoms with Crippen molar-refractivity contribution in [2.75, 3.05) is 6.54 Å². The molecule has 1 amide bonds. The lowest BCUT2D eigenvalue weighted by molar-refractivity contribution is -0.141. The summed E-state index contributed by atoms with van der Waals surface area (Å²) in [7, 11) is 0. The molecule has 0 saturated heterocycles. The highest BCUT2D eigenvalue weighted by atomic mass is 16.4. The largest absolute Gasteiger partial charge is 0.481 e. The van der Waals surface area contributed by atoms with Crippen molar-refractivity contribution in [3.05, 3.63) is 0 Å². The number of carbonyl (C=O) groups excluding carboxylic acids is 1. The Bertz CT molecular complexity index is 156. The highest BCUT2D eigenvalue weighted by Gasteiger charge is 2.14. The van der Waals surface area contributed by atoms with E-state index in [9.17, 15) is 9.59 Å². The zero-order valence-corrected chi connectivity index (χ0v) is 6.76. The Labute approximate surface area is 65.6 Å². The molecule has 0 bridgehead atoms. The summed E-state index contributed by atoms with van der Waals surface area (Å²) in [5.41, 5.74) is 0. The molecule has 64 valence electrons. The summed E-state index contributed by atoms with van der Waals surface area (Å²) in [6.07, 6.45) is 0.537. The van der Waals surface area contributed by atoms with E-state index in [-0.39, 0.29) is 12.5 Å². The van der Waals surface area contributed by atoms with Crippen LogP contribution in [0.25, 0.3) is 0 Å². The molecular formula is C7H13NO3. The normalized spacial score (nSPS) is 12.2. The maximum absolute atomic E-state index is 10.4. The minimum Gasteiger partial charge on any atom is -0.481 e. The minimum atomic E-state index is -0.860. The summed E-state index contributed by atoms with van der Waals surface area (Å²) >= 11 is 0. The molecule has 4 heteroatoms. The zero-order valence-electron chi connectivity index (χ0n) is 6.76. The first-order valence-corrected chi connectivity index (χ1v) is 3.55. The first-order chi connectivity index (χ1) is 5.07. The summed E-state index contributed by atoms with van der Waals surface area (Å²) in [4.78, 5) is 20.8. The van der Waals surface area contributed by atoms with Gasteiger partial charge in [-0.15, -0.1) is 0 Å². The molecular weight excluding hydrogens is 146 g/mol. The molecule has 0 aromatic carbocycles. The van der Waals surface area contributed by atoms with E-state index in [1.54, 1.807) is 6.92 Å². The molecule has 11 heavy (non-hydrogen) atoms. The number of hydrogen-bond donors (Lipinski definition) is 2. The van der Waals surface area contributed by atoms with Crippen LogP contribution in [-0.2, 0) is 9.59 Å². The molecule has 0 heterocycles. The maximum atomic E-state index is 10.4. The molecule has 1 unspecified atom stereocenters. The third-order valence-corrected chi connectivity index (χ3v) is 1.44. The van der Waals surface area contributed by atoms with Gasteiger partial charge < -0.3 is 10.4 Å². The van der Waals surface area contributed by atoms with Gasteiger partial charge in [0.25, 0.3) is 0 Å². The van der Waals surface area contributed by atoms with Crippen LogP contribution in [0.1, 0.15) is 20.3 Å². The molecule has 0 spiro atoms. The molecule has 0 aliphatic carbocycles. The lowest BCUT2D eigenvalue weighted by Gasteiger charge is -2.08. The van der Waals surface area contributed by atoms with E-state index in [0.29, 0.717) is 6.42 Å². The number of hydrogen-bond acceptors (Lipinski definition) is 2. The van der Waals surface area contributed by atoms with Crippen molar-refractivity contribution in [3.63, 3.8) is 0 Å². The Morgan fingerprint density at radius 2 is 2.09 bits per heavy atom. The van der Waals surface area contributed by atoms with Gasteiger partial charge in [0.1, 0.15) is 0 Å². The summed E-state index contributed by atoms with van der Waals surface area (Å²) < 4.78 is 0. The van der Waals surface area contributed by atoms with E-state index >= 15 is 0 Å². The van der Waals surface area contributed by atoms with Crippen LogP contribution in [0, 0.1) is 5.92 Å². The van der Waals surface area contributed by atoms with Gasteiger partial charge in [0.2, 0.25) is 5.91 Å². The quantitative estimate of drug-likeness (QED) is 0.617. The standard InChI is InChI=1S/C7H13NO3/c1-3-6(7(10)11)4-8-5(2)9/h6H,3-4H2,1-2H3,(H,8,9)(H,10,11). The maximum Gasteiger partial charge on any atom is 0.308 e. The summed E-state index contributed by atoms with van der Waals surface area (Å²) in [6, 6.07) is 0. The van der Waals surface area contributed by atoms with Crippen molar-refractivity contribution in [2.45, 2.75) is 20.3 Å². The summed E-state index contributed by atoms with van der Waals surface area (Å²) in [5, 5.41) is 11.0. The Hall–Kier alpha value is -1.06. The fourth-order valence-electron chi connectivity index (χ4n) is 0.673. The second-order valence-corrected chi connectivity index (χ2v) is 2.38. The van der Waals surface area contributed by atoms with Gasteiger partial charge in [-0.05, 0) is 6.42 Å². The number of nitrogens with one attached hydrogen (secondary N) is 1. The Balaban J connectivity index is 3.70. The molecule has 0 aromatic rings. The van der Waals surface area contributed by atoms with Gasteiger partial charge in [-0.25, -0.2) is 0 Å². The smallest absolute Gasteiger partial charge is 0.308 e. The van der Waals surface area contributed by atoms with E-state index in [1.807, 2.05) is 0 Å². The van der Waals surface area contributed by atoms with Crippen LogP contribution in [0.15, 0.2) is 0 Å². The third kappa shape index (κ3) is 4.36. The SMILES string of the molecule is CCC(CNC(C)=O)C(=O)O. The molecule has 0 saturated carbocycles. The molecule has 4 nitrogen and oxygen atoms in total. The van der Waals surface area contributed by atoms with Gasteiger partial charge in [0, 0.05) is 13.5 Å². The lowest BCUT2D eigenvalue weighted by Crippen LogP contribution is -2.30. The first kappa shape index (κ1) is 9.94. The fourth-order valence-corrected chi connectivity index (χ4v) is 0.673. The number of carboxylic acids is 1. The van der Waals surface area contributed by atoms with E-state index < -0.39 is 11.9 Å². The van der Waals surface area contributed by atoms with Crippen molar-refractivity contribution in [1.82, 2.24) is 5.32 Å². The van der Waals surface area contributed by atoms with Gasteiger partial charge in [-0.1, -0.05) is 6.92 Å². The Morgan fingerprint density at radius 3 is 2.36 bits per heavy atom. The molecule has 0 aliphatic rings. The fraction of sp³-hybridized carbons (Fsp3) is 0.714. The molecule has 0 aromatic heterocycles. The van der Waals surface area contributed by atoms with Crippen molar-refractivity contribution >= 4 is 11.9 Å². The van der Waals surface area contributed by atoms with E-state index in [1.165, 1.54) is 6.92 Å². The van der Waals surface area contributed by atoms with Crippen molar-refractivity contribution in [3.8, 4) is 0 Å². The van der Waals surface area contributed by atoms with Gasteiger partial charge in [-0.3, -0.25) is 9.59 Å². The first-order valence-electron chi connectivity index (χ1n) is 3.55. The van der Waals surface area contributed by atoms with Gasteiger partial charge >= 0.3 is 5.97 Å². The second-order valence-electron chi connectivity index (χ2n) is 2.38. The van der Waals surface area contributed by atoms with Crippen LogP contribution >= 0.6 is 0 Å². The van der Waals surface area contributed by atoms with Crippen LogP contribution in [0.2, 0.25) is 0 Å². The summed E-state index contributed by atoms with van der Waals surface area (Å²) in [6.45, 7) is 3.37. The number of carbonyl (C=O) groups is 2. The minimum absolute atomic E-state index is 0.190. The predicted molar refractivity (Wildman–Crippen MR) is 40.1 cm³/mol. The molecule has 2 N–H and O–H groups in total. The van der Waals surface area contributed by atoms with E-state index in [0.717, 1.165) is 0 Å². The number of rotatable bonds is 4. The number of carboxylic acid groups (broad SMARTS) is 1. The van der Waals surface area contributed by atoms with Gasteiger partial charge in [-0.2, -0.15) is 0 Å². The molecule has 0 aliphatic heterocycles. The van der Waals surface area contributed by atoms with Gasteiger partial charge in [0.05, 0.1) is 5.92 Å². The molecule has 0 fully saturated rings. The summed E-state index contributed by atoms with van der Waals surface area (Å²) in [5.74, 6) is -1.51. The van der Waals surface area contributed by atoms with Crippen molar-refractivity contribution in [2.24, 2.45) is 5.92 Å². The Kier molecular flexibility index (Phi) is 4.26. The average Bonchev–Trinajstić information content (AvgIpc) is 1.87. The monoisotopic (exact) mass is 159 g/mol. The number of amides is 1. The van der Waals surface area contributed by atoms with E-state index in [4.69, 9.17) is 5.11 Å². The molecule has 0 radical (unpaired) electrons. The van der Waals surface area contributed by atoms with Crippen LogP contribution in [0.4, 0.5) is 0 Å². The van der Waals surface area contributed by atoms with Gasteiger partial charge in [0.15, 0.2) is 0 Å². The second kappa shape index (κ2) is 4.71. The van der Waals surface area contributed by atoms with Crippen LogP contribution in [0.3, 0.4) is 0 Å². The lowest BCUT2D eigenvalue weighted by atomic mass is 10.1. The van der Waals surface area contributed by atoms with Crippen LogP contribution < -0.4 is 5.32 Å². The van der Waals surface area contributed by atoms with Crippen LogP contribution in [-0.4, -0.2) is 23.5 Å². The topological polar surface area (TPSA) is 66.4 Å². The molecule has 1 atom stereocenters. The third-order valence-electron chi connectivity index (χ3n) is 1.44. The Morgan fingerprint density at radius 1 is 1.55 bits per heavy atom. The highest BCUT2D eigenvalue weighted by molar-refractivity contribution is 5.75. The van der Waals surface area contributed by atoms with Crippen molar-refractivity contribution in [1.29, 1.82) is 0 Å². The highest BCUT2D eigenvalue weighted by Crippen LogP contribution is 1.99. The molecule has 0 rings (SSSR count). The number of aliphatic carboxylic acids is 1. The van der Waals surface area contributed by atoms with Crippen LogP contribution in [0.5, 0.6) is 0 Å².